The maximum absolute atomic E-state index is 12.2. The fraction of sp³-hybridized carbons (Fsp3) is 0.231. The smallest absolute Gasteiger partial charge is 0.280 e. The minimum absolute atomic E-state index is 0.194. The Balaban J connectivity index is 1.74. The molecule has 0 aliphatic rings. The molecular formula is C13H13ClN6O. The summed E-state index contributed by atoms with van der Waals surface area (Å²) < 4.78 is 2.85. The van der Waals surface area contributed by atoms with Crippen LogP contribution in [0.15, 0.2) is 35.3 Å². The molecular weight excluding hydrogens is 292 g/mol. The largest absolute Gasteiger partial charge is 0.383 e. The number of anilines is 1. The van der Waals surface area contributed by atoms with E-state index in [9.17, 15) is 4.79 Å². The molecule has 0 aliphatic heterocycles. The van der Waals surface area contributed by atoms with Crippen LogP contribution in [0.3, 0.4) is 0 Å². The van der Waals surface area contributed by atoms with Crippen molar-refractivity contribution in [2.45, 2.75) is 6.54 Å². The van der Waals surface area contributed by atoms with E-state index in [1.54, 1.807) is 13.1 Å². The molecule has 0 atom stereocenters. The van der Waals surface area contributed by atoms with Gasteiger partial charge in [0.05, 0.1) is 12.7 Å². The van der Waals surface area contributed by atoms with Gasteiger partial charge < -0.3 is 5.32 Å². The zero-order valence-electron chi connectivity index (χ0n) is 11.3. The van der Waals surface area contributed by atoms with E-state index in [0.717, 1.165) is 5.69 Å². The first-order valence-electron chi connectivity index (χ1n) is 6.40. The summed E-state index contributed by atoms with van der Waals surface area (Å²) in [6.07, 6.45) is 1.51. The second-order valence-electron chi connectivity index (χ2n) is 4.56. The molecule has 2 heterocycles. The minimum atomic E-state index is -0.194. The van der Waals surface area contributed by atoms with Gasteiger partial charge in [-0.05, 0) is 18.2 Å². The van der Waals surface area contributed by atoms with Crippen molar-refractivity contribution in [2.24, 2.45) is 7.05 Å². The summed E-state index contributed by atoms with van der Waals surface area (Å²) in [7, 11) is 1.72. The normalized spacial score (nSPS) is 11.0. The summed E-state index contributed by atoms with van der Waals surface area (Å²) in [5.74, 6) is 0. The molecule has 1 N–H and O–H groups in total. The van der Waals surface area contributed by atoms with Crippen molar-refractivity contribution in [1.29, 1.82) is 0 Å². The van der Waals surface area contributed by atoms with Gasteiger partial charge in [-0.25, -0.2) is 9.36 Å². The van der Waals surface area contributed by atoms with Crippen molar-refractivity contribution < 1.29 is 0 Å². The number of hydrogen-bond donors (Lipinski definition) is 1. The van der Waals surface area contributed by atoms with Gasteiger partial charge in [0.1, 0.15) is 5.39 Å². The van der Waals surface area contributed by atoms with E-state index in [1.165, 1.54) is 15.6 Å². The summed E-state index contributed by atoms with van der Waals surface area (Å²) in [4.78, 5) is 12.2. The van der Waals surface area contributed by atoms with Gasteiger partial charge in [0.2, 0.25) is 0 Å². The number of nitrogens with zero attached hydrogens (tertiary/aromatic N) is 5. The maximum atomic E-state index is 12.2. The molecule has 8 heteroatoms. The first-order valence-corrected chi connectivity index (χ1v) is 6.78. The number of aromatic nitrogens is 5. The van der Waals surface area contributed by atoms with Gasteiger partial charge in [-0.15, -0.1) is 5.10 Å². The topological polar surface area (TPSA) is 77.6 Å². The fourth-order valence-corrected chi connectivity index (χ4v) is 2.22. The van der Waals surface area contributed by atoms with E-state index in [-0.39, 0.29) is 5.56 Å². The minimum Gasteiger partial charge on any atom is -0.383 e. The second-order valence-corrected chi connectivity index (χ2v) is 5.00. The average molecular weight is 305 g/mol. The first-order chi connectivity index (χ1) is 10.1. The molecule has 0 aliphatic carbocycles. The monoisotopic (exact) mass is 304 g/mol. The third kappa shape index (κ3) is 2.73. The zero-order valence-corrected chi connectivity index (χ0v) is 12.1. The lowest BCUT2D eigenvalue weighted by Crippen LogP contribution is -2.27. The average Bonchev–Trinajstić information content (AvgIpc) is 2.84. The molecule has 3 aromatic rings. The molecule has 0 radical (unpaired) electrons. The Kier molecular flexibility index (Phi) is 3.57. The molecule has 0 unspecified atom stereocenters. The molecule has 7 nitrogen and oxygen atoms in total. The van der Waals surface area contributed by atoms with E-state index >= 15 is 0 Å². The maximum Gasteiger partial charge on any atom is 0.280 e. The Bertz CT molecular complexity index is 840. The van der Waals surface area contributed by atoms with Crippen molar-refractivity contribution in [1.82, 2.24) is 24.8 Å². The lowest BCUT2D eigenvalue weighted by molar-refractivity contribution is 0.563. The van der Waals surface area contributed by atoms with Gasteiger partial charge >= 0.3 is 0 Å². The summed E-state index contributed by atoms with van der Waals surface area (Å²) in [5, 5.41) is 16.2. The van der Waals surface area contributed by atoms with Crippen LogP contribution in [-0.4, -0.2) is 31.3 Å². The predicted molar refractivity (Wildman–Crippen MR) is 80.5 cm³/mol. The van der Waals surface area contributed by atoms with Gasteiger partial charge in [0, 0.05) is 24.3 Å². The number of fused-ring (bicyclic) bond motifs is 1. The van der Waals surface area contributed by atoms with Crippen LogP contribution in [0.25, 0.3) is 11.0 Å². The van der Waals surface area contributed by atoms with E-state index in [4.69, 9.17) is 11.6 Å². The van der Waals surface area contributed by atoms with Crippen LogP contribution >= 0.6 is 11.6 Å². The molecule has 0 saturated carbocycles. The van der Waals surface area contributed by atoms with Gasteiger partial charge in [-0.1, -0.05) is 22.9 Å². The van der Waals surface area contributed by atoms with Gasteiger partial charge in [0.15, 0.2) is 5.65 Å². The van der Waals surface area contributed by atoms with Crippen molar-refractivity contribution in [3.05, 3.63) is 45.8 Å². The summed E-state index contributed by atoms with van der Waals surface area (Å²) in [6, 6.07) is 7.39. The summed E-state index contributed by atoms with van der Waals surface area (Å²) in [6.45, 7) is 0.948. The quantitative estimate of drug-likeness (QED) is 0.786. The molecule has 108 valence electrons. The van der Waals surface area contributed by atoms with Crippen molar-refractivity contribution >= 4 is 28.3 Å². The molecule has 0 bridgehead atoms. The number of benzene rings is 1. The first kappa shape index (κ1) is 13.6. The van der Waals surface area contributed by atoms with E-state index in [1.807, 2.05) is 18.2 Å². The van der Waals surface area contributed by atoms with E-state index < -0.39 is 0 Å². The third-order valence-corrected chi connectivity index (χ3v) is 3.33. The van der Waals surface area contributed by atoms with Gasteiger partial charge in [-0.3, -0.25) is 4.79 Å². The lowest BCUT2D eigenvalue weighted by atomic mass is 10.3. The standard InChI is InChI=1S/C13H13ClN6O/c1-19-12-11(8-16-19)13(21)20(18-17-12)6-5-15-10-4-2-3-9(14)7-10/h2-4,7-8,15H,5-6H2,1H3. The summed E-state index contributed by atoms with van der Waals surface area (Å²) >= 11 is 5.91. The number of rotatable bonds is 4. The van der Waals surface area contributed by atoms with Crippen LogP contribution < -0.4 is 10.9 Å². The molecule has 1 aromatic carbocycles. The molecule has 0 saturated heterocycles. The van der Waals surface area contributed by atoms with Crippen molar-refractivity contribution in [2.75, 3.05) is 11.9 Å². The van der Waals surface area contributed by atoms with Gasteiger partial charge in [-0.2, -0.15) is 5.10 Å². The molecule has 0 amide bonds. The van der Waals surface area contributed by atoms with Crippen LogP contribution in [0, 0.1) is 0 Å². The molecule has 2 aromatic heterocycles. The Hall–Kier alpha value is -2.41. The van der Waals surface area contributed by atoms with Gasteiger partial charge in [0.25, 0.3) is 5.56 Å². The number of halogens is 1. The Morgan fingerprint density at radius 3 is 3.05 bits per heavy atom. The summed E-state index contributed by atoms with van der Waals surface area (Å²) in [5.41, 5.74) is 1.19. The fourth-order valence-electron chi connectivity index (χ4n) is 2.03. The van der Waals surface area contributed by atoms with Crippen LogP contribution in [-0.2, 0) is 13.6 Å². The van der Waals surface area contributed by atoms with Crippen LogP contribution in [0.5, 0.6) is 0 Å². The highest BCUT2D eigenvalue weighted by atomic mass is 35.5. The SMILES string of the molecule is Cn1ncc2c(=O)n(CCNc3cccc(Cl)c3)nnc21. The second kappa shape index (κ2) is 5.53. The third-order valence-electron chi connectivity index (χ3n) is 3.10. The molecule has 3 rings (SSSR count). The number of aryl methyl sites for hydroxylation is 1. The molecule has 21 heavy (non-hydrogen) atoms. The molecule has 0 fully saturated rings. The highest BCUT2D eigenvalue weighted by Gasteiger charge is 2.08. The van der Waals surface area contributed by atoms with Crippen molar-refractivity contribution in [3.63, 3.8) is 0 Å². The highest BCUT2D eigenvalue weighted by Crippen LogP contribution is 2.14. The zero-order chi connectivity index (χ0) is 14.8. The highest BCUT2D eigenvalue weighted by molar-refractivity contribution is 6.30. The number of hydrogen-bond acceptors (Lipinski definition) is 5. The lowest BCUT2D eigenvalue weighted by Gasteiger charge is -2.07. The predicted octanol–water partition coefficient (Wildman–Crippen LogP) is 1.29. The van der Waals surface area contributed by atoms with E-state index in [0.29, 0.717) is 29.1 Å². The van der Waals surface area contributed by atoms with Crippen LogP contribution in [0.1, 0.15) is 0 Å². The van der Waals surface area contributed by atoms with Crippen molar-refractivity contribution in [3.8, 4) is 0 Å². The number of nitrogens with one attached hydrogen (secondary N) is 1. The molecule has 0 spiro atoms. The van der Waals surface area contributed by atoms with E-state index in [2.05, 4.69) is 20.7 Å². The Morgan fingerprint density at radius 2 is 2.24 bits per heavy atom. The Labute approximate surface area is 125 Å². The van der Waals surface area contributed by atoms with Crippen LogP contribution in [0.4, 0.5) is 5.69 Å². The Morgan fingerprint density at radius 1 is 1.38 bits per heavy atom. The van der Waals surface area contributed by atoms with Crippen LogP contribution in [0.2, 0.25) is 5.02 Å².